The maximum Gasteiger partial charge on any atom is 0.220 e. The lowest BCUT2D eigenvalue weighted by molar-refractivity contribution is 0.284. The number of H-pyrrole nitrogens is 1. The zero-order valence-electron chi connectivity index (χ0n) is 19.3. The molecule has 33 heavy (non-hydrogen) atoms. The van der Waals surface area contributed by atoms with Crippen LogP contribution in [-0.2, 0) is 12.8 Å². The zero-order valence-corrected chi connectivity index (χ0v) is 19.3. The molecule has 2 heterocycles. The van der Waals surface area contributed by atoms with Crippen LogP contribution in [-0.4, -0.2) is 59.2 Å². The molecule has 0 unspecified atom stereocenters. The van der Waals surface area contributed by atoms with Gasteiger partial charge in [-0.2, -0.15) is 0 Å². The van der Waals surface area contributed by atoms with Crippen LogP contribution in [0.15, 0.2) is 48.7 Å². The van der Waals surface area contributed by atoms with Gasteiger partial charge in [0, 0.05) is 24.7 Å². The Balaban J connectivity index is 1.61. The normalized spacial score (nSPS) is 11.3. The smallest absolute Gasteiger partial charge is 0.220 e. The average Bonchev–Trinajstić information content (AvgIpc) is 3.23. The minimum Gasteiger partial charge on any atom is -0.497 e. The van der Waals surface area contributed by atoms with E-state index in [1.807, 2.05) is 30.3 Å². The monoisotopic (exact) mass is 446 g/mol. The van der Waals surface area contributed by atoms with Crippen molar-refractivity contribution in [1.29, 1.82) is 0 Å². The maximum atomic E-state index is 6.18. The quantitative estimate of drug-likeness (QED) is 0.358. The Kier molecular flexibility index (Phi) is 7.04. The summed E-state index contributed by atoms with van der Waals surface area (Å²) in [7, 11) is 5.80. The molecule has 0 saturated carbocycles. The lowest BCUT2D eigenvalue weighted by atomic mass is 10.1. The molecule has 4 rings (SSSR count). The highest BCUT2D eigenvalue weighted by molar-refractivity contribution is 5.87. The van der Waals surface area contributed by atoms with Crippen LogP contribution in [0.1, 0.15) is 17.8 Å². The van der Waals surface area contributed by atoms with E-state index in [1.165, 1.54) is 5.56 Å². The maximum absolute atomic E-state index is 6.18. The number of nitrogens with zero attached hydrogens (tertiary/aromatic N) is 4. The third-order valence-corrected chi connectivity index (χ3v) is 5.37. The Labute approximate surface area is 193 Å². The Morgan fingerprint density at radius 2 is 1.94 bits per heavy atom. The molecule has 3 N–H and O–H groups in total. The molecule has 0 atom stereocenters. The van der Waals surface area contributed by atoms with Crippen molar-refractivity contribution in [2.45, 2.75) is 19.3 Å². The summed E-state index contributed by atoms with van der Waals surface area (Å²) in [6, 6.07) is 13.9. The third-order valence-electron chi connectivity index (χ3n) is 5.37. The predicted octanol–water partition coefficient (Wildman–Crippen LogP) is 3.73. The van der Waals surface area contributed by atoms with E-state index in [1.54, 1.807) is 13.3 Å². The number of nitrogen functional groups attached to an aromatic ring is 1. The highest BCUT2D eigenvalue weighted by Crippen LogP contribution is 2.31. The molecule has 0 radical (unpaired) electrons. The van der Waals surface area contributed by atoms with Crippen LogP contribution in [0.5, 0.6) is 11.5 Å². The van der Waals surface area contributed by atoms with E-state index >= 15 is 0 Å². The number of anilines is 1. The number of aryl methyl sites for hydroxylation is 2. The average molecular weight is 447 g/mol. The van der Waals surface area contributed by atoms with Gasteiger partial charge < -0.3 is 25.1 Å². The van der Waals surface area contributed by atoms with Gasteiger partial charge >= 0.3 is 0 Å². The van der Waals surface area contributed by atoms with Crippen LogP contribution in [0, 0.1) is 0 Å². The molecule has 0 aliphatic heterocycles. The van der Waals surface area contributed by atoms with Crippen molar-refractivity contribution in [2.75, 3.05) is 40.1 Å². The van der Waals surface area contributed by atoms with Crippen LogP contribution in [0.2, 0.25) is 0 Å². The van der Waals surface area contributed by atoms with E-state index in [-0.39, 0.29) is 5.95 Å². The number of methoxy groups -OCH3 is 1. The van der Waals surface area contributed by atoms with Crippen molar-refractivity contribution in [3.05, 3.63) is 60.0 Å². The predicted molar refractivity (Wildman–Crippen MR) is 131 cm³/mol. The van der Waals surface area contributed by atoms with Crippen LogP contribution in [0.4, 0.5) is 5.95 Å². The fourth-order valence-electron chi connectivity index (χ4n) is 3.70. The molecule has 8 heteroatoms. The van der Waals surface area contributed by atoms with Crippen molar-refractivity contribution < 1.29 is 9.47 Å². The van der Waals surface area contributed by atoms with Crippen molar-refractivity contribution in [3.8, 4) is 22.8 Å². The van der Waals surface area contributed by atoms with Crippen LogP contribution < -0.4 is 15.2 Å². The second kappa shape index (κ2) is 10.3. The SMILES string of the molecule is COc1cccc(CCc2nc3cc(-c4ccnc(N)n4)cc(OCCCN(C)C)c3[nH]2)c1. The van der Waals surface area contributed by atoms with E-state index in [0.29, 0.717) is 6.61 Å². The number of hydrogen-bond donors (Lipinski definition) is 2. The van der Waals surface area contributed by atoms with Crippen LogP contribution >= 0.6 is 0 Å². The summed E-state index contributed by atoms with van der Waals surface area (Å²) in [5.41, 5.74) is 10.4. The Hall–Kier alpha value is -3.65. The second-order valence-electron chi connectivity index (χ2n) is 8.21. The van der Waals surface area contributed by atoms with Gasteiger partial charge in [-0.3, -0.25) is 0 Å². The molecule has 172 valence electrons. The first-order valence-electron chi connectivity index (χ1n) is 11.0. The molecule has 2 aromatic carbocycles. The van der Waals surface area contributed by atoms with Gasteiger partial charge in [-0.1, -0.05) is 12.1 Å². The topological polar surface area (TPSA) is 102 Å². The molecule has 0 aliphatic rings. The van der Waals surface area contributed by atoms with Gasteiger partial charge in [0.15, 0.2) is 0 Å². The number of fused-ring (bicyclic) bond motifs is 1. The van der Waals surface area contributed by atoms with Gasteiger partial charge in [-0.05, 0) is 62.8 Å². The van der Waals surface area contributed by atoms with Gasteiger partial charge in [0.2, 0.25) is 5.95 Å². The lowest BCUT2D eigenvalue weighted by Gasteiger charge is -2.12. The highest BCUT2D eigenvalue weighted by Gasteiger charge is 2.13. The van der Waals surface area contributed by atoms with Gasteiger partial charge in [-0.25, -0.2) is 15.0 Å². The van der Waals surface area contributed by atoms with Gasteiger partial charge in [0.05, 0.1) is 24.9 Å². The van der Waals surface area contributed by atoms with E-state index in [4.69, 9.17) is 20.2 Å². The van der Waals surface area contributed by atoms with Gasteiger partial charge in [0.1, 0.15) is 22.8 Å². The third kappa shape index (κ3) is 5.78. The zero-order chi connectivity index (χ0) is 23.2. The van der Waals surface area contributed by atoms with E-state index in [0.717, 1.165) is 65.4 Å². The molecule has 2 aromatic heterocycles. The molecule has 0 bridgehead atoms. The number of hydrogen-bond acceptors (Lipinski definition) is 7. The summed E-state index contributed by atoms with van der Waals surface area (Å²) in [5.74, 6) is 2.77. The van der Waals surface area contributed by atoms with E-state index in [9.17, 15) is 0 Å². The molecule has 8 nitrogen and oxygen atoms in total. The van der Waals surface area contributed by atoms with E-state index < -0.39 is 0 Å². The number of nitrogens with one attached hydrogen (secondary N) is 1. The number of ether oxygens (including phenoxy) is 2. The standard InChI is InChI=1S/C25H30N6O2/c1-31(2)12-5-13-33-22-16-18(20-10-11-27-25(26)29-20)15-21-24(22)30-23(28-21)9-8-17-6-4-7-19(14-17)32-3/h4,6-7,10-11,14-16H,5,8-9,12-13H2,1-3H3,(H,28,30)(H2,26,27,29). The second-order valence-corrected chi connectivity index (χ2v) is 8.21. The summed E-state index contributed by atoms with van der Waals surface area (Å²) in [6.07, 6.45) is 4.21. The molecule has 0 aliphatic carbocycles. The summed E-state index contributed by atoms with van der Waals surface area (Å²) < 4.78 is 11.5. The van der Waals surface area contributed by atoms with Gasteiger partial charge in [-0.15, -0.1) is 0 Å². The molecule has 0 amide bonds. The highest BCUT2D eigenvalue weighted by atomic mass is 16.5. The number of nitrogens with two attached hydrogens (primary N) is 1. The first-order valence-corrected chi connectivity index (χ1v) is 11.0. The van der Waals surface area contributed by atoms with Crippen molar-refractivity contribution >= 4 is 17.0 Å². The molecule has 0 fully saturated rings. The van der Waals surface area contributed by atoms with Crippen molar-refractivity contribution in [3.63, 3.8) is 0 Å². The number of benzene rings is 2. The minimum absolute atomic E-state index is 0.238. The minimum atomic E-state index is 0.238. The summed E-state index contributed by atoms with van der Waals surface area (Å²) in [4.78, 5) is 18.8. The van der Waals surface area contributed by atoms with Crippen LogP contribution in [0.3, 0.4) is 0 Å². The fraction of sp³-hybridized carbons (Fsp3) is 0.320. The lowest BCUT2D eigenvalue weighted by Crippen LogP contribution is -2.15. The summed E-state index contributed by atoms with van der Waals surface area (Å²) in [5, 5.41) is 0. The molecular formula is C25H30N6O2. The molecule has 0 saturated heterocycles. The molecule has 0 spiro atoms. The fourth-order valence-corrected chi connectivity index (χ4v) is 3.70. The first-order chi connectivity index (χ1) is 16.0. The largest absolute Gasteiger partial charge is 0.497 e. The van der Waals surface area contributed by atoms with Crippen molar-refractivity contribution in [1.82, 2.24) is 24.8 Å². The summed E-state index contributed by atoms with van der Waals surface area (Å²) >= 11 is 0. The number of aromatic amines is 1. The van der Waals surface area contributed by atoms with Crippen LogP contribution in [0.25, 0.3) is 22.3 Å². The molecule has 4 aromatic rings. The number of imidazole rings is 1. The van der Waals surface area contributed by atoms with E-state index in [2.05, 4.69) is 46.1 Å². The number of aromatic nitrogens is 4. The number of rotatable bonds is 10. The Morgan fingerprint density at radius 3 is 2.73 bits per heavy atom. The van der Waals surface area contributed by atoms with Gasteiger partial charge in [0.25, 0.3) is 0 Å². The Morgan fingerprint density at radius 1 is 1.06 bits per heavy atom. The Bertz CT molecular complexity index is 1220. The first kappa shape index (κ1) is 22.5. The molecular weight excluding hydrogens is 416 g/mol. The summed E-state index contributed by atoms with van der Waals surface area (Å²) in [6.45, 7) is 1.57. The van der Waals surface area contributed by atoms with Crippen molar-refractivity contribution in [2.24, 2.45) is 0 Å².